The molecule has 0 spiro atoms. The fourth-order valence-electron chi connectivity index (χ4n) is 1.35. The molecule has 2 rings (SSSR count). The van der Waals surface area contributed by atoms with Crippen LogP contribution in [0.15, 0.2) is 47.2 Å². The van der Waals surface area contributed by atoms with Crippen molar-refractivity contribution in [1.29, 1.82) is 0 Å². The maximum atomic E-state index is 11.3. The first-order valence-electron chi connectivity index (χ1n) is 5.16. The number of benzene rings is 1. The van der Waals surface area contributed by atoms with E-state index >= 15 is 0 Å². The van der Waals surface area contributed by atoms with Crippen LogP contribution in [-0.2, 0) is 4.74 Å². The predicted molar refractivity (Wildman–Crippen MR) is 69.8 cm³/mol. The van der Waals surface area contributed by atoms with E-state index < -0.39 is 0 Å². The van der Waals surface area contributed by atoms with Gasteiger partial charge in [0.15, 0.2) is 0 Å². The van der Waals surface area contributed by atoms with Crippen molar-refractivity contribution >= 4 is 21.9 Å². The van der Waals surface area contributed by atoms with Gasteiger partial charge in [0, 0.05) is 18.5 Å². The highest BCUT2D eigenvalue weighted by molar-refractivity contribution is 9.10. The van der Waals surface area contributed by atoms with Crippen LogP contribution >= 0.6 is 15.9 Å². The van der Waals surface area contributed by atoms with E-state index in [4.69, 9.17) is 4.74 Å². The van der Waals surface area contributed by atoms with Crippen LogP contribution in [0, 0.1) is 0 Å². The molecule has 1 aromatic heterocycles. The first-order chi connectivity index (χ1) is 8.70. The SMILES string of the molecule is COC(=O)c1ccc(Oc2ccncc2Br)cc1. The molecule has 0 atom stereocenters. The quantitative estimate of drug-likeness (QED) is 0.815. The Morgan fingerprint density at radius 2 is 1.94 bits per heavy atom. The average molecular weight is 308 g/mol. The molecular formula is C13H10BrNO3. The first-order valence-corrected chi connectivity index (χ1v) is 5.96. The van der Waals surface area contributed by atoms with Crippen LogP contribution < -0.4 is 4.74 Å². The van der Waals surface area contributed by atoms with E-state index in [-0.39, 0.29) is 5.97 Å². The van der Waals surface area contributed by atoms with Crippen molar-refractivity contribution in [3.8, 4) is 11.5 Å². The summed E-state index contributed by atoms with van der Waals surface area (Å²) in [4.78, 5) is 15.2. The van der Waals surface area contributed by atoms with Gasteiger partial charge in [-0.25, -0.2) is 4.79 Å². The van der Waals surface area contributed by atoms with Crippen molar-refractivity contribution in [3.63, 3.8) is 0 Å². The van der Waals surface area contributed by atoms with Gasteiger partial charge in [0.05, 0.1) is 17.1 Å². The van der Waals surface area contributed by atoms with Crippen molar-refractivity contribution in [2.75, 3.05) is 7.11 Å². The minimum absolute atomic E-state index is 0.369. The topological polar surface area (TPSA) is 48.4 Å². The summed E-state index contributed by atoms with van der Waals surface area (Å²) < 4.78 is 11.0. The number of esters is 1. The fraction of sp³-hybridized carbons (Fsp3) is 0.0769. The molecule has 0 aliphatic rings. The Morgan fingerprint density at radius 3 is 2.56 bits per heavy atom. The molecule has 5 heteroatoms. The van der Waals surface area contributed by atoms with E-state index in [0.29, 0.717) is 17.1 Å². The third kappa shape index (κ3) is 2.87. The Bertz CT molecular complexity index is 554. The smallest absolute Gasteiger partial charge is 0.337 e. The summed E-state index contributed by atoms with van der Waals surface area (Å²) in [6, 6.07) is 8.46. The van der Waals surface area contributed by atoms with Gasteiger partial charge in [-0.05, 0) is 40.2 Å². The number of nitrogens with zero attached hydrogens (tertiary/aromatic N) is 1. The molecule has 4 nitrogen and oxygen atoms in total. The highest BCUT2D eigenvalue weighted by atomic mass is 79.9. The standard InChI is InChI=1S/C13H10BrNO3/c1-17-13(16)9-2-4-10(5-3-9)18-12-6-7-15-8-11(12)14/h2-8H,1H3. The number of aromatic nitrogens is 1. The Hall–Kier alpha value is -1.88. The molecule has 0 aliphatic heterocycles. The number of carbonyl (C=O) groups excluding carboxylic acids is 1. The summed E-state index contributed by atoms with van der Waals surface area (Å²) >= 11 is 3.34. The molecule has 92 valence electrons. The van der Waals surface area contributed by atoms with Gasteiger partial charge >= 0.3 is 5.97 Å². The van der Waals surface area contributed by atoms with Gasteiger partial charge in [0.25, 0.3) is 0 Å². The number of hydrogen-bond donors (Lipinski definition) is 0. The molecule has 0 radical (unpaired) electrons. The summed E-state index contributed by atoms with van der Waals surface area (Å²) in [6.07, 6.45) is 3.29. The molecule has 0 N–H and O–H groups in total. The lowest BCUT2D eigenvalue weighted by atomic mass is 10.2. The molecule has 0 fully saturated rings. The van der Waals surface area contributed by atoms with E-state index in [2.05, 4.69) is 25.7 Å². The summed E-state index contributed by atoms with van der Waals surface area (Å²) in [5, 5.41) is 0. The van der Waals surface area contributed by atoms with E-state index in [1.807, 2.05) is 0 Å². The van der Waals surface area contributed by atoms with Crippen LogP contribution in [0.2, 0.25) is 0 Å². The van der Waals surface area contributed by atoms with Gasteiger partial charge in [-0.2, -0.15) is 0 Å². The largest absolute Gasteiger partial charge is 0.465 e. The van der Waals surface area contributed by atoms with E-state index in [1.54, 1.807) is 42.7 Å². The Labute approximate surface area is 113 Å². The highest BCUT2D eigenvalue weighted by Crippen LogP contribution is 2.28. The van der Waals surface area contributed by atoms with Gasteiger partial charge in [0.2, 0.25) is 0 Å². The monoisotopic (exact) mass is 307 g/mol. The van der Waals surface area contributed by atoms with Crippen LogP contribution in [-0.4, -0.2) is 18.1 Å². The van der Waals surface area contributed by atoms with Gasteiger partial charge in [0.1, 0.15) is 11.5 Å². The second-order valence-electron chi connectivity index (χ2n) is 3.42. The molecule has 1 heterocycles. The molecule has 0 saturated heterocycles. The minimum Gasteiger partial charge on any atom is -0.465 e. The van der Waals surface area contributed by atoms with Crippen molar-refractivity contribution in [2.24, 2.45) is 0 Å². The minimum atomic E-state index is -0.369. The number of halogens is 1. The van der Waals surface area contributed by atoms with E-state index in [0.717, 1.165) is 4.47 Å². The van der Waals surface area contributed by atoms with Crippen molar-refractivity contribution in [2.45, 2.75) is 0 Å². The van der Waals surface area contributed by atoms with Crippen LogP contribution in [0.5, 0.6) is 11.5 Å². The Kier molecular flexibility index (Phi) is 3.94. The Balaban J connectivity index is 2.16. The molecule has 0 saturated carbocycles. The second-order valence-corrected chi connectivity index (χ2v) is 4.28. The molecule has 1 aromatic carbocycles. The molecule has 0 unspecified atom stereocenters. The molecule has 0 bridgehead atoms. The summed E-state index contributed by atoms with van der Waals surface area (Å²) in [5.41, 5.74) is 0.485. The lowest BCUT2D eigenvalue weighted by Crippen LogP contribution is -2.00. The van der Waals surface area contributed by atoms with Gasteiger partial charge in [-0.15, -0.1) is 0 Å². The van der Waals surface area contributed by atoms with Gasteiger partial charge in [-0.3, -0.25) is 4.98 Å². The van der Waals surface area contributed by atoms with Crippen LogP contribution in [0.25, 0.3) is 0 Å². The molecule has 2 aromatic rings. The lowest BCUT2D eigenvalue weighted by Gasteiger charge is -2.07. The van der Waals surface area contributed by atoms with E-state index in [1.165, 1.54) is 7.11 Å². The van der Waals surface area contributed by atoms with Crippen molar-refractivity contribution in [1.82, 2.24) is 4.98 Å². The zero-order valence-corrected chi connectivity index (χ0v) is 11.2. The maximum Gasteiger partial charge on any atom is 0.337 e. The molecule has 0 amide bonds. The summed E-state index contributed by atoms with van der Waals surface area (Å²) in [7, 11) is 1.35. The fourth-order valence-corrected chi connectivity index (χ4v) is 1.68. The normalized spacial score (nSPS) is 9.89. The number of methoxy groups -OCH3 is 1. The molecule has 18 heavy (non-hydrogen) atoms. The molecule has 0 aliphatic carbocycles. The summed E-state index contributed by atoms with van der Waals surface area (Å²) in [5.74, 6) is 0.928. The number of ether oxygens (including phenoxy) is 2. The third-order valence-corrected chi connectivity index (χ3v) is 2.83. The van der Waals surface area contributed by atoms with Gasteiger partial charge in [-0.1, -0.05) is 0 Å². The maximum absolute atomic E-state index is 11.3. The highest BCUT2D eigenvalue weighted by Gasteiger charge is 2.06. The lowest BCUT2D eigenvalue weighted by molar-refractivity contribution is 0.0600. The average Bonchev–Trinajstić information content (AvgIpc) is 2.41. The zero-order chi connectivity index (χ0) is 13.0. The number of rotatable bonds is 3. The number of pyridine rings is 1. The van der Waals surface area contributed by atoms with Crippen molar-refractivity contribution in [3.05, 3.63) is 52.8 Å². The number of carbonyl (C=O) groups is 1. The summed E-state index contributed by atoms with van der Waals surface area (Å²) in [6.45, 7) is 0. The first kappa shape index (κ1) is 12.6. The van der Waals surface area contributed by atoms with E-state index in [9.17, 15) is 4.79 Å². The Morgan fingerprint density at radius 1 is 1.22 bits per heavy atom. The van der Waals surface area contributed by atoms with Crippen LogP contribution in [0.4, 0.5) is 0 Å². The zero-order valence-electron chi connectivity index (χ0n) is 9.59. The third-order valence-electron chi connectivity index (χ3n) is 2.24. The van der Waals surface area contributed by atoms with Gasteiger partial charge < -0.3 is 9.47 Å². The van der Waals surface area contributed by atoms with Crippen LogP contribution in [0.1, 0.15) is 10.4 Å². The van der Waals surface area contributed by atoms with Crippen molar-refractivity contribution < 1.29 is 14.3 Å². The second kappa shape index (κ2) is 5.64. The number of hydrogen-bond acceptors (Lipinski definition) is 4. The predicted octanol–water partition coefficient (Wildman–Crippen LogP) is 3.42. The van der Waals surface area contributed by atoms with Crippen LogP contribution in [0.3, 0.4) is 0 Å². The molecular weight excluding hydrogens is 298 g/mol.